The van der Waals surface area contributed by atoms with E-state index in [2.05, 4.69) is 6.58 Å². The minimum absolute atomic E-state index is 0.677. The third-order valence-corrected chi connectivity index (χ3v) is 1.97. The Hall–Kier alpha value is -1.57. The second-order valence-corrected chi connectivity index (χ2v) is 2.77. The fraction of sp³-hybridized carbons (Fsp3) is 0.182. The Morgan fingerprint density at radius 3 is 2.54 bits per heavy atom. The van der Waals surface area contributed by atoms with Gasteiger partial charge in [-0.1, -0.05) is 12.7 Å². The average Bonchev–Trinajstić information content (AvgIpc) is 2.17. The van der Waals surface area contributed by atoms with E-state index in [-0.39, 0.29) is 0 Å². The van der Waals surface area contributed by atoms with Crippen LogP contribution in [0.25, 0.3) is 6.08 Å². The molecule has 0 radical (unpaired) electrons. The van der Waals surface area contributed by atoms with Crippen LogP contribution in [0, 0.1) is 6.92 Å². The van der Waals surface area contributed by atoms with Crippen molar-refractivity contribution in [1.82, 2.24) is 0 Å². The van der Waals surface area contributed by atoms with Crippen LogP contribution in [0.15, 0.2) is 18.7 Å². The summed E-state index contributed by atoms with van der Waals surface area (Å²) in [5.74, 6) is 0.748. The lowest BCUT2D eigenvalue weighted by molar-refractivity contribution is 0.112. The van der Waals surface area contributed by atoms with Gasteiger partial charge in [0.05, 0.1) is 7.11 Å². The van der Waals surface area contributed by atoms with Crippen LogP contribution in [0.2, 0.25) is 0 Å². The first kappa shape index (κ1) is 9.52. The van der Waals surface area contributed by atoms with Gasteiger partial charge < -0.3 is 4.74 Å². The van der Waals surface area contributed by atoms with Crippen molar-refractivity contribution < 1.29 is 9.53 Å². The molecule has 0 fully saturated rings. The molecule has 0 aliphatic rings. The van der Waals surface area contributed by atoms with E-state index in [9.17, 15) is 4.79 Å². The molecule has 1 aromatic carbocycles. The van der Waals surface area contributed by atoms with Crippen LogP contribution in [-0.4, -0.2) is 13.4 Å². The molecule has 0 saturated heterocycles. The van der Waals surface area contributed by atoms with Crippen LogP contribution in [0.5, 0.6) is 5.75 Å². The van der Waals surface area contributed by atoms with Crippen molar-refractivity contribution in [2.45, 2.75) is 6.92 Å². The topological polar surface area (TPSA) is 26.3 Å². The van der Waals surface area contributed by atoms with E-state index < -0.39 is 0 Å². The highest BCUT2D eigenvalue weighted by Crippen LogP contribution is 2.23. The van der Waals surface area contributed by atoms with Gasteiger partial charge in [-0.3, -0.25) is 4.79 Å². The molecule has 0 heterocycles. The van der Waals surface area contributed by atoms with E-state index in [0.717, 1.165) is 23.2 Å². The predicted octanol–water partition coefficient (Wildman–Crippen LogP) is 2.46. The van der Waals surface area contributed by atoms with E-state index in [0.29, 0.717) is 5.56 Å². The van der Waals surface area contributed by atoms with Gasteiger partial charge in [0, 0.05) is 11.1 Å². The summed E-state index contributed by atoms with van der Waals surface area (Å²) in [6.07, 6.45) is 2.51. The number of hydrogen-bond acceptors (Lipinski definition) is 2. The molecule has 0 spiro atoms. The van der Waals surface area contributed by atoms with Gasteiger partial charge in [-0.15, -0.1) is 0 Å². The lowest BCUT2D eigenvalue weighted by atomic mass is 10.0. The van der Waals surface area contributed by atoms with Crippen molar-refractivity contribution in [2.24, 2.45) is 0 Å². The molecule has 2 heteroatoms. The molecule has 0 aliphatic carbocycles. The molecule has 13 heavy (non-hydrogen) atoms. The van der Waals surface area contributed by atoms with Crippen LogP contribution >= 0.6 is 0 Å². The van der Waals surface area contributed by atoms with E-state index in [4.69, 9.17) is 4.74 Å². The average molecular weight is 176 g/mol. The molecule has 0 bridgehead atoms. The van der Waals surface area contributed by atoms with Gasteiger partial charge >= 0.3 is 0 Å². The van der Waals surface area contributed by atoms with Crippen molar-refractivity contribution in [1.29, 1.82) is 0 Å². The highest BCUT2D eigenvalue weighted by Gasteiger charge is 2.04. The maximum atomic E-state index is 10.6. The van der Waals surface area contributed by atoms with Gasteiger partial charge in [0.25, 0.3) is 0 Å². The largest absolute Gasteiger partial charge is 0.496 e. The molecule has 0 saturated carbocycles. The van der Waals surface area contributed by atoms with Crippen LogP contribution in [0.4, 0.5) is 0 Å². The number of aryl methyl sites for hydroxylation is 1. The molecule has 0 aliphatic heterocycles. The summed E-state index contributed by atoms with van der Waals surface area (Å²) >= 11 is 0. The van der Waals surface area contributed by atoms with E-state index in [1.54, 1.807) is 19.3 Å². The zero-order valence-electron chi connectivity index (χ0n) is 7.83. The molecule has 0 aromatic heterocycles. The smallest absolute Gasteiger partial charge is 0.150 e. The van der Waals surface area contributed by atoms with E-state index in [1.165, 1.54) is 0 Å². The molecule has 1 aromatic rings. The van der Waals surface area contributed by atoms with Gasteiger partial charge in [-0.05, 0) is 24.6 Å². The van der Waals surface area contributed by atoms with Crippen LogP contribution in [0.3, 0.4) is 0 Å². The second kappa shape index (κ2) is 3.90. The predicted molar refractivity (Wildman–Crippen MR) is 53.2 cm³/mol. The molecule has 0 N–H and O–H groups in total. The molecule has 0 atom stereocenters. The summed E-state index contributed by atoms with van der Waals surface area (Å²) in [6, 6.07) is 3.61. The van der Waals surface area contributed by atoms with Crippen LogP contribution in [-0.2, 0) is 0 Å². The van der Waals surface area contributed by atoms with Gasteiger partial charge in [0.2, 0.25) is 0 Å². The summed E-state index contributed by atoms with van der Waals surface area (Å²) in [4.78, 5) is 10.6. The molecular formula is C11H12O2. The first-order chi connectivity index (χ1) is 6.22. The Labute approximate surface area is 77.8 Å². The van der Waals surface area contributed by atoms with Crippen molar-refractivity contribution in [2.75, 3.05) is 7.11 Å². The number of hydrogen-bond donors (Lipinski definition) is 0. The van der Waals surface area contributed by atoms with Crippen molar-refractivity contribution in [3.8, 4) is 5.75 Å². The minimum Gasteiger partial charge on any atom is -0.496 e. The highest BCUT2D eigenvalue weighted by molar-refractivity contribution is 5.80. The number of carbonyl (C=O) groups is 1. The Morgan fingerprint density at radius 1 is 1.38 bits per heavy atom. The quantitative estimate of drug-likeness (QED) is 0.661. The molecule has 0 unspecified atom stereocenters. The zero-order valence-corrected chi connectivity index (χ0v) is 7.83. The highest BCUT2D eigenvalue weighted by atomic mass is 16.5. The maximum Gasteiger partial charge on any atom is 0.150 e. The fourth-order valence-electron chi connectivity index (χ4n) is 1.18. The summed E-state index contributed by atoms with van der Waals surface area (Å²) < 4.78 is 5.13. The number of ether oxygens (including phenoxy) is 1. The van der Waals surface area contributed by atoms with E-state index >= 15 is 0 Å². The monoisotopic (exact) mass is 176 g/mol. The summed E-state index contributed by atoms with van der Waals surface area (Å²) in [5.41, 5.74) is 2.43. The second-order valence-electron chi connectivity index (χ2n) is 2.77. The zero-order chi connectivity index (χ0) is 9.84. The van der Waals surface area contributed by atoms with Crippen molar-refractivity contribution >= 4 is 12.4 Å². The SMILES string of the molecule is C=Cc1cc(C=O)c(C)cc1OC. The number of rotatable bonds is 3. The normalized spacial score (nSPS) is 9.38. The Balaban J connectivity index is 3.34. The number of benzene rings is 1. The summed E-state index contributed by atoms with van der Waals surface area (Å²) in [6.45, 7) is 5.52. The van der Waals surface area contributed by atoms with Gasteiger partial charge in [-0.2, -0.15) is 0 Å². The summed E-state index contributed by atoms with van der Waals surface area (Å²) in [7, 11) is 1.60. The summed E-state index contributed by atoms with van der Waals surface area (Å²) in [5, 5.41) is 0. The van der Waals surface area contributed by atoms with Gasteiger partial charge in [0.1, 0.15) is 12.0 Å². The first-order valence-electron chi connectivity index (χ1n) is 3.99. The van der Waals surface area contributed by atoms with Crippen molar-refractivity contribution in [3.63, 3.8) is 0 Å². The minimum atomic E-state index is 0.677. The number of carbonyl (C=O) groups excluding carboxylic acids is 1. The molecule has 1 rings (SSSR count). The van der Waals surface area contributed by atoms with Crippen molar-refractivity contribution in [3.05, 3.63) is 35.4 Å². The fourth-order valence-corrected chi connectivity index (χ4v) is 1.18. The van der Waals surface area contributed by atoms with E-state index in [1.807, 2.05) is 13.0 Å². The maximum absolute atomic E-state index is 10.6. The molecule has 0 amide bonds. The number of aldehydes is 1. The lowest BCUT2D eigenvalue weighted by Gasteiger charge is -2.07. The first-order valence-corrected chi connectivity index (χ1v) is 3.99. The van der Waals surface area contributed by atoms with Crippen LogP contribution in [0.1, 0.15) is 21.5 Å². The third-order valence-electron chi connectivity index (χ3n) is 1.97. The Bertz CT molecular complexity index is 340. The third kappa shape index (κ3) is 1.78. The van der Waals surface area contributed by atoms with Gasteiger partial charge in [0.15, 0.2) is 0 Å². The Kier molecular flexibility index (Phi) is 2.85. The van der Waals surface area contributed by atoms with Crippen LogP contribution < -0.4 is 4.74 Å². The molecular weight excluding hydrogens is 164 g/mol. The Morgan fingerprint density at radius 2 is 2.08 bits per heavy atom. The standard InChI is InChI=1S/C11H12O2/c1-4-9-6-10(7-12)8(2)5-11(9)13-3/h4-7H,1H2,2-3H3. The van der Waals surface area contributed by atoms with Gasteiger partial charge in [-0.25, -0.2) is 0 Å². The molecule has 68 valence electrons. The molecule has 2 nitrogen and oxygen atoms in total. The number of methoxy groups -OCH3 is 1. The lowest BCUT2D eigenvalue weighted by Crippen LogP contribution is -1.92.